The normalized spacial score (nSPS) is 10.4. The maximum Gasteiger partial charge on any atom is 0.248 e. The zero-order valence-electron chi connectivity index (χ0n) is 7.93. The number of benzene rings is 1. The Morgan fingerprint density at radius 2 is 1.88 bits per heavy atom. The van der Waals surface area contributed by atoms with Crippen molar-refractivity contribution in [3.05, 3.63) is 56.7 Å². The fraction of sp³-hybridized carbons (Fsp3) is 0. The number of H-pyrrole nitrogens is 1. The van der Waals surface area contributed by atoms with E-state index in [2.05, 4.69) is 4.98 Å². The van der Waals surface area contributed by atoms with Crippen molar-refractivity contribution >= 4 is 23.2 Å². The van der Waals surface area contributed by atoms with Gasteiger partial charge in [-0.3, -0.25) is 4.79 Å². The van der Waals surface area contributed by atoms with Crippen LogP contribution in [-0.2, 0) is 0 Å². The van der Waals surface area contributed by atoms with Crippen LogP contribution in [0.4, 0.5) is 4.39 Å². The molecule has 0 amide bonds. The van der Waals surface area contributed by atoms with Crippen molar-refractivity contribution in [1.82, 2.24) is 4.98 Å². The predicted octanol–water partition coefficient (Wildman–Crippen LogP) is 3.49. The molecule has 0 atom stereocenters. The highest BCUT2D eigenvalue weighted by Gasteiger charge is 2.10. The Morgan fingerprint density at radius 1 is 1.12 bits per heavy atom. The van der Waals surface area contributed by atoms with Crippen LogP contribution in [0.5, 0.6) is 0 Å². The summed E-state index contributed by atoms with van der Waals surface area (Å²) >= 11 is 11.7. The molecule has 2 nitrogen and oxygen atoms in total. The predicted molar refractivity (Wildman–Crippen MR) is 62.5 cm³/mol. The number of aromatic nitrogens is 1. The van der Waals surface area contributed by atoms with E-state index in [9.17, 15) is 9.18 Å². The molecule has 1 aromatic carbocycles. The Kier molecular flexibility index (Phi) is 2.99. The molecule has 2 rings (SSSR count). The molecule has 0 radical (unpaired) electrons. The van der Waals surface area contributed by atoms with Gasteiger partial charge in [0.25, 0.3) is 0 Å². The summed E-state index contributed by atoms with van der Waals surface area (Å²) in [6.45, 7) is 0. The Bertz CT molecular complexity index is 595. The van der Waals surface area contributed by atoms with E-state index in [1.54, 1.807) is 12.1 Å². The average Bonchev–Trinajstić information content (AvgIpc) is 2.25. The van der Waals surface area contributed by atoms with E-state index >= 15 is 0 Å². The third-order valence-corrected chi connectivity index (χ3v) is 2.66. The smallest absolute Gasteiger partial charge is 0.248 e. The van der Waals surface area contributed by atoms with Gasteiger partial charge in [0, 0.05) is 33.4 Å². The minimum Gasteiger partial charge on any atom is -0.326 e. The van der Waals surface area contributed by atoms with Crippen LogP contribution in [0.2, 0.25) is 10.0 Å². The van der Waals surface area contributed by atoms with Crippen molar-refractivity contribution in [3.63, 3.8) is 0 Å². The topological polar surface area (TPSA) is 32.9 Å². The minimum atomic E-state index is -0.552. The second kappa shape index (κ2) is 4.28. The van der Waals surface area contributed by atoms with Gasteiger partial charge in [0.05, 0.1) is 0 Å². The molecule has 0 aliphatic rings. The summed E-state index contributed by atoms with van der Waals surface area (Å²) < 4.78 is 13.5. The van der Waals surface area contributed by atoms with E-state index in [1.807, 2.05) is 0 Å². The van der Waals surface area contributed by atoms with Gasteiger partial charge in [0.15, 0.2) is 0 Å². The summed E-state index contributed by atoms with van der Waals surface area (Å²) in [7, 11) is 0. The van der Waals surface area contributed by atoms with Crippen LogP contribution in [-0.4, -0.2) is 4.98 Å². The Labute approximate surface area is 101 Å². The molecule has 0 unspecified atom stereocenters. The largest absolute Gasteiger partial charge is 0.326 e. The van der Waals surface area contributed by atoms with Gasteiger partial charge in [-0.25, -0.2) is 4.39 Å². The van der Waals surface area contributed by atoms with Crippen LogP contribution in [0.15, 0.2) is 35.3 Å². The van der Waals surface area contributed by atoms with Crippen molar-refractivity contribution in [1.29, 1.82) is 0 Å². The molecule has 1 aromatic heterocycles. The zero-order chi connectivity index (χ0) is 11.7. The van der Waals surface area contributed by atoms with E-state index in [4.69, 9.17) is 23.2 Å². The molecule has 16 heavy (non-hydrogen) atoms. The lowest BCUT2D eigenvalue weighted by atomic mass is 10.1. The molecule has 2 aromatic rings. The molecule has 0 aliphatic heterocycles. The zero-order valence-corrected chi connectivity index (χ0v) is 9.44. The first-order valence-corrected chi connectivity index (χ1v) is 5.17. The maximum absolute atomic E-state index is 13.5. The molecule has 82 valence electrons. The number of hydrogen-bond acceptors (Lipinski definition) is 1. The van der Waals surface area contributed by atoms with Gasteiger partial charge in [0.2, 0.25) is 5.56 Å². The minimum absolute atomic E-state index is 0.135. The number of pyridine rings is 1. The van der Waals surface area contributed by atoms with Crippen LogP contribution in [0, 0.1) is 5.82 Å². The monoisotopic (exact) mass is 257 g/mol. The third-order valence-electron chi connectivity index (χ3n) is 2.09. The van der Waals surface area contributed by atoms with E-state index in [1.165, 1.54) is 6.07 Å². The van der Waals surface area contributed by atoms with Gasteiger partial charge in [-0.15, -0.1) is 0 Å². The highest BCUT2D eigenvalue weighted by Crippen LogP contribution is 2.31. The molecule has 1 heterocycles. The Morgan fingerprint density at radius 3 is 2.62 bits per heavy atom. The number of rotatable bonds is 1. The molecular formula is C11H6Cl2FNO. The second-order valence-corrected chi connectivity index (χ2v) is 4.03. The van der Waals surface area contributed by atoms with Crippen molar-refractivity contribution in [3.8, 4) is 11.1 Å². The van der Waals surface area contributed by atoms with Crippen molar-refractivity contribution in [2.75, 3.05) is 0 Å². The number of halogens is 3. The quantitative estimate of drug-likeness (QED) is 0.834. The fourth-order valence-corrected chi connectivity index (χ4v) is 1.76. The summed E-state index contributed by atoms with van der Waals surface area (Å²) in [6.07, 6.45) is 0.995. The van der Waals surface area contributed by atoms with Crippen LogP contribution in [0.25, 0.3) is 11.1 Å². The molecule has 0 spiro atoms. The van der Waals surface area contributed by atoms with Gasteiger partial charge in [-0.2, -0.15) is 0 Å². The summed E-state index contributed by atoms with van der Waals surface area (Å²) in [5, 5.41) is 0.771. The Hall–Kier alpha value is -1.32. The van der Waals surface area contributed by atoms with Crippen molar-refractivity contribution in [2.24, 2.45) is 0 Å². The second-order valence-electron chi connectivity index (χ2n) is 3.18. The number of aromatic amines is 1. The Balaban J connectivity index is 2.71. The van der Waals surface area contributed by atoms with Gasteiger partial charge >= 0.3 is 0 Å². The van der Waals surface area contributed by atoms with Gasteiger partial charge in [0.1, 0.15) is 5.82 Å². The van der Waals surface area contributed by atoms with Gasteiger partial charge < -0.3 is 4.98 Å². The molecular weight excluding hydrogens is 252 g/mol. The summed E-state index contributed by atoms with van der Waals surface area (Å²) in [5.74, 6) is -0.552. The maximum atomic E-state index is 13.5. The third kappa shape index (κ3) is 2.10. The van der Waals surface area contributed by atoms with Crippen LogP contribution >= 0.6 is 23.2 Å². The van der Waals surface area contributed by atoms with Crippen LogP contribution < -0.4 is 5.56 Å². The SMILES string of the molecule is O=c1cc(-c2cc(Cl)ccc2Cl)c(F)c[nH]1. The highest BCUT2D eigenvalue weighted by atomic mass is 35.5. The number of hydrogen-bond donors (Lipinski definition) is 1. The van der Waals surface area contributed by atoms with Crippen molar-refractivity contribution < 1.29 is 4.39 Å². The van der Waals surface area contributed by atoms with Crippen molar-refractivity contribution in [2.45, 2.75) is 0 Å². The van der Waals surface area contributed by atoms with Crippen LogP contribution in [0.3, 0.4) is 0 Å². The molecule has 0 saturated heterocycles. The average molecular weight is 258 g/mol. The van der Waals surface area contributed by atoms with E-state index in [-0.39, 0.29) is 5.56 Å². The first-order chi connectivity index (χ1) is 7.58. The standard InChI is InChI=1S/C11H6Cl2FNO/c12-6-1-2-9(13)7(3-6)8-4-11(16)15-5-10(8)14/h1-5H,(H,15,16). The first-order valence-electron chi connectivity index (χ1n) is 4.41. The lowest BCUT2D eigenvalue weighted by Crippen LogP contribution is -2.05. The lowest BCUT2D eigenvalue weighted by molar-refractivity contribution is 0.624. The summed E-state index contributed by atoms with van der Waals surface area (Å²) in [4.78, 5) is 13.4. The van der Waals surface area contributed by atoms with Gasteiger partial charge in [-0.05, 0) is 18.2 Å². The molecule has 0 fully saturated rings. The molecule has 1 N–H and O–H groups in total. The van der Waals surface area contributed by atoms with E-state index in [0.717, 1.165) is 12.3 Å². The van der Waals surface area contributed by atoms with E-state index in [0.29, 0.717) is 15.6 Å². The fourth-order valence-electron chi connectivity index (χ4n) is 1.36. The number of nitrogens with one attached hydrogen (secondary N) is 1. The molecule has 0 aliphatic carbocycles. The molecule has 5 heteroatoms. The summed E-state index contributed by atoms with van der Waals surface area (Å²) in [6, 6.07) is 5.81. The van der Waals surface area contributed by atoms with Gasteiger partial charge in [-0.1, -0.05) is 23.2 Å². The summed E-state index contributed by atoms with van der Waals surface area (Å²) in [5.41, 5.74) is 0.140. The molecule has 0 saturated carbocycles. The molecule has 0 bridgehead atoms. The highest BCUT2D eigenvalue weighted by molar-refractivity contribution is 6.35. The lowest BCUT2D eigenvalue weighted by Gasteiger charge is -2.05. The van der Waals surface area contributed by atoms with E-state index < -0.39 is 11.4 Å². The van der Waals surface area contributed by atoms with Crippen LogP contribution in [0.1, 0.15) is 0 Å². The first kappa shape index (κ1) is 11.2.